The fourth-order valence-electron chi connectivity index (χ4n) is 4.26. The van der Waals surface area contributed by atoms with Gasteiger partial charge in [0.2, 0.25) is 0 Å². The number of rotatable bonds is 4. The fourth-order valence-corrected chi connectivity index (χ4v) is 4.26. The summed E-state index contributed by atoms with van der Waals surface area (Å²) in [4.78, 5) is 16.4. The standard InChI is InChI=1S/C21H29N5/c1-3-5-18-15(2)23-14-24-21(18)26-12-9-16(10-13-26)19-8-7-17-6-4-11-22-20(17)25-19/h7-8,14,16H,3-6,9-13H2,1-2H3,(H,22,25). The number of anilines is 2. The number of piperidine rings is 1. The normalized spacial score (nSPS) is 17.7. The lowest BCUT2D eigenvalue weighted by molar-refractivity contribution is 0.492. The third kappa shape index (κ3) is 3.39. The van der Waals surface area contributed by atoms with E-state index >= 15 is 0 Å². The molecule has 0 spiro atoms. The van der Waals surface area contributed by atoms with E-state index in [1.807, 2.05) is 0 Å². The molecule has 26 heavy (non-hydrogen) atoms. The Kier molecular flexibility index (Phi) is 5.05. The van der Waals surface area contributed by atoms with E-state index in [1.165, 1.54) is 23.2 Å². The monoisotopic (exact) mass is 351 g/mol. The van der Waals surface area contributed by atoms with Gasteiger partial charge in [-0.15, -0.1) is 0 Å². The Labute approximate surface area is 156 Å². The van der Waals surface area contributed by atoms with E-state index in [0.29, 0.717) is 5.92 Å². The van der Waals surface area contributed by atoms with Gasteiger partial charge in [0.1, 0.15) is 18.0 Å². The molecular formula is C21H29N5. The van der Waals surface area contributed by atoms with Crippen LogP contribution in [0.15, 0.2) is 18.5 Å². The summed E-state index contributed by atoms with van der Waals surface area (Å²) in [6.07, 6.45) is 8.54. The van der Waals surface area contributed by atoms with Crippen molar-refractivity contribution >= 4 is 11.6 Å². The van der Waals surface area contributed by atoms with Crippen molar-refractivity contribution in [3.8, 4) is 0 Å². The first kappa shape index (κ1) is 17.3. The van der Waals surface area contributed by atoms with Crippen molar-refractivity contribution < 1.29 is 0 Å². The molecule has 4 heterocycles. The summed E-state index contributed by atoms with van der Waals surface area (Å²) in [5.74, 6) is 2.82. The molecule has 2 aliphatic heterocycles. The molecule has 0 bridgehead atoms. The van der Waals surface area contributed by atoms with E-state index in [1.54, 1.807) is 6.33 Å². The van der Waals surface area contributed by atoms with Crippen molar-refractivity contribution in [3.63, 3.8) is 0 Å². The van der Waals surface area contributed by atoms with Crippen LogP contribution in [-0.2, 0) is 12.8 Å². The second-order valence-corrected chi connectivity index (χ2v) is 7.55. The Hall–Kier alpha value is -2.17. The molecule has 2 aromatic rings. The maximum atomic E-state index is 4.94. The van der Waals surface area contributed by atoms with Crippen LogP contribution >= 0.6 is 0 Å². The molecule has 0 atom stereocenters. The molecule has 0 aromatic carbocycles. The van der Waals surface area contributed by atoms with Gasteiger partial charge in [-0.25, -0.2) is 15.0 Å². The molecule has 2 aromatic heterocycles. The molecule has 0 unspecified atom stereocenters. The fraction of sp³-hybridized carbons (Fsp3) is 0.571. The molecular weight excluding hydrogens is 322 g/mol. The van der Waals surface area contributed by atoms with Gasteiger partial charge >= 0.3 is 0 Å². The highest BCUT2D eigenvalue weighted by Crippen LogP contribution is 2.32. The summed E-state index contributed by atoms with van der Waals surface area (Å²) in [7, 11) is 0. The second kappa shape index (κ2) is 7.60. The van der Waals surface area contributed by atoms with E-state index in [4.69, 9.17) is 4.98 Å². The van der Waals surface area contributed by atoms with Gasteiger partial charge in [0.15, 0.2) is 0 Å². The lowest BCUT2D eigenvalue weighted by Crippen LogP contribution is -2.34. The molecule has 0 aliphatic carbocycles. The average Bonchev–Trinajstić information content (AvgIpc) is 2.69. The topological polar surface area (TPSA) is 53.9 Å². The third-order valence-electron chi connectivity index (χ3n) is 5.77. The van der Waals surface area contributed by atoms with Gasteiger partial charge in [-0.3, -0.25) is 0 Å². The molecule has 4 rings (SSSR count). The molecule has 0 amide bonds. The smallest absolute Gasteiger partial charge is 0.135 e. The zero-order valence-electron chi connectivity index (χ0n) is 16.0. The molecule has 0 radical (unpaired) electrons. The number of hydrogen-bond acceptors (Lipinski definition) is 5. The number of hydrogen-bond donors (Lipinski definition) is 1. The van der Waals surface area contributed by atoms with Crippen LogP contribution in [0.4, 0.5) is 11.6 Å². The van der Waals surface area contributed by atoms with E-state index < -0.39 is 0 Å². The number of aromatic nitrogens is 3. The summed E-state index contributed by atoms with van der Waals surface area (Å²) in [5.41, 5.74) is 5.08. The van der Waals surface area contributed by atoms with Gasteiger partial charge in [-0.1, -0.05) is 19.4 Å². The van der Waals surface area contributed by atoms with Gasteiger partial charge in [0.05, 0.1) is 0 Å². The Morgan fingerprint density at radius 2 is 2.04 bits per heavy atom. The SMILES string of the molecule is CCCc1c(C)ncnc1N1CCC(c2ccc3c(n2)NCCC3)CC1. The Balaban J connectivity index is 1.47. The van der Waals surface area contributed by atoms with Gasteiger partial charge < -0.3 is 10.2 Å². The predicted molar refractivity (Wildman–Crippen MR) is 106 cm³/mol. The molecule has 0 saturated carbocycles. The molecule has 5 heteroatoms. The van der Waals surface area contributed by atoms with Crippen LogP contribution in [0.2, 0.25) is 0 Å². The van der Waals surface area contributed by atoms with Crippen LogP contribution < -0.4 is 10.2 Å². The zero-order chi connectivity index (χ0) is 17.9. The molecule has 1 saturated heterocycles. The van der Waals surface area contributed by atoms with E-state index in [-0.39, 0.29) is 0 Å². The minimum atomic E-state index is 0.554. The van der Waals surface area contributed by atoms with Crippen molar-refractivity contribution in [1.29, 1.82) is 0 Å². The number of nitrogens with zero attached hydrogens (tertiary/aromatic N) is 4. The highest BCUT2D eigenvalue weighted by molar-refractivity contribution is 5.50. The molecule has 1 fully saturated rings. The minimum Gasteiger partial charge on any atom is -0.370 e. The van der Waals surface area contributed by atoms with E-state index in [9.17, 15) is 0 Å². The van der Waals surface area contributed by atoms with E-state index in [0.717, 1.165) is 69.1 Å². The first-order valence-electron chi connectivity index (χ1n) is 10.1. The summed E-state index contributed by atoms with van der Waals surface area (Å²) < 4.78 is 0. The summed E-state index contributed by atoms with van der Waals surface area (Å²) in [6, 6.07) is 4.53. The van der Waals surface area contributed by atoms with Crippen molar-refractivity contribution in [1.82, 2.24) is 15.0 Å². The van der Waals surface area contributed by atoms with Crippen LogP contribution in [0.5, 0.6) is 0 Å². The highest BCUT2D eigenvalue weighted by Gasteiger charge is 2.25. The van der Waals surface area contributed by atoms with Gasteiger partial charge in [-0.2, -0.15) is 0 Å². The minimum absolute atomic E-state index is 0.554. The second-order valence-electron chi connectivity index (χ2n) is 7.55. The average molecular weight is 351 g/mol. The van der Waals surface area contributed by atoms with Crippen LogP contribution in [0.1, 0.15) is 61.0 Å². The van der Waals surface area contributed by atoms with Gasteiger partial charge in [0.25, 0.3) is 0 Å². The maximum absolute atomic E-state index is 4.94. The third-order valence-corrected chi connectivity index (χ3v) is 5.77. The lowest BCUT2D eigenvalue weighted by atomic mass is 9.92. The van der Waals surface area contributed by atoms with Crippen LogP contribution in [0.25, 0.3) is 0 Å². The molecule has 1 N–H and O–H groups in total. The van der Waals surface area contributed by atoms with Crippen LogP contribution in [0.3, 0.4) is 0 Å². The first-order valence-corrected chi connectivity index (χ1v) is 10.1. The largest absolute Gasteiger partial charge is 0.370 e. The number of aryl methyl sites for hydroxylation is 2. The van der Waals surface area contributed by atoms with Gasteiger partial charge in [0, 0.05) is 42.5 Å². The van der Waals surface area contributed by atoms with E-state index in [2.05, 4.69) is 46.2 Å². The van der Waals surface area contributed by atoms with Crippen molar-refractivity contribution in [3.05, 3.63) is 41.0 Å². The highest BCUT2D eigenvalue weighted by atomic mass is 15.2. The maximum Gasteiger partial charge on any atom is 0.135 e. The number of pyridine rings is 1. The zero-order valence-corrected chi connectivity index (χ0v) is 16.0. The summed E-state index contributed by atoms with van der Waals surface area (Å²) in [5, 5.41) is 3.47. The van der Waals surface area contributed by atoms with Crippen molar-refractivity contribution in [2.75, 3.05) is 29.9 Å². The lowest BCUT2D eigenvalue weighted by Gasteiger charge is -2.34. The Morgan fingerprint density at radius 1 is 1.19 bits per heavy atom. The number of fused-ring (bicyclic) bond motifs is 1. The quantitative estimate of drug-likeness (QED) is 0.906. The molecule has 2 aliphatic rings. The van der Waals surface area contributed by atoms with Crippen molar-refractivity contribution in [2.45, 2.75) is 58.3 Å². The summed E-state index contributed by atoms with van der Waals surface area (Å²) >= 11 is 0. The predicted octanol–water partition coefficient (Wildman–Crippen LogP) is 3.87. The molecule has 138 valence electrons. The number of nitrogens with one attached hydrogen (secondary N) is 1. The Morgan fingerprint density at radius 3 is 2.85 bits per heavy atom. The first-order chi connectivity index (χ1) is 12.8. The summed E-state index contributed by atoms with van der Waals surface area (Å²) in [6.45, 7) is 7.47. The van der Waals surface area contributed by atoms with Gasteiger partial charge in [-0.05, 0) is 50.7 Å². The van der Waals surface area contributed by atoms with Crippen molar-refractivity contribution in [2.24, 2.45) is 0 Å². The van der Waals surface area contributed by atoms with Crippen LogP contribution in [0, 0.1) is 6.92 Å². The van der Waals surface area contributed by atoms with Crippen LogP contribution in [-0.4, -0.2) is 34.6 Å². The molecule has 5 nitrogen and oxygen atoms in total. The Bertz CT molecular complexity index is 765.